The SMILES string of the molecule is COC(=O)c1c(-c2ccc(Cl)cc2)noc1N1CC=C(c2ccccc2)CC1. The standard InChI is InChI=1S/C22H19ClN2O3/c1-27-22(26)19-20(17-7-9-18(23)10-8-17)24-28-21(19)25-13-11-16(12-14-25)15-5-3-2-4-6-15/h2-11H,12-14H2,1H3. The third-order valence-electron chi connectivity index (χ3n) is 4.82. The smallest absolute Gasteiger partial charge is 0.345 e. The summed E-state index contributed by atoms with van der Waals surface area (Å²) in [5.41, 5.74) is 4.04. The average Bonchev–Trinajstić information content (AvgIpc) is 3.19. The van der Waals surface area contributed by atoms with Crippen LogP contribution in [0.2, 0.25) is 5.02 Å². The number of halogens is 1. The van der Waals surface area contributed by atoms with Crippen molar-refractivity contribution in [3.8, 4) is 11.3 Å². The van der Waals surface area contributed by atoms with E-state index < -0.39 is 5.97 Å². The van der Waals surface area contributed by atoms with Crippen LogP contribution >= 0.6 is 11.6 Å². The number of methoxy groups -OCH3 is 1. The summed E-state index contributed by atoms with van der Waals surface area (Å²) in [6, 6.07) is 17.4. The number of hydrogen-bond donors (Lipinski definition) is 0. The lowest BCUT2D eigenvalue weighted by Crippen LogP contribution is -2.29. The Morgan fingerprint density at radius 1 is 1.11 bits per heavy atom. The van der Waals surface area contributed by atoms with Crippen LogP contribution in [0.15, 0.2) is 65.2 Å². The van der Waals surface area contributed by atoms with Gasteiger partial charge in [0.05, 0.1) is 7.11 Å². The van der Waals surface area contributed by atoms with Crippen LogP contribution in [0.1, 0.15) is 22.3 Å². The molecule has 0 aliphatic carbocycles. The number of carbonyl (C=O) groups excluding carboxylic acids is 1. The Labute approximate surface area is 168 Å². The lowest BCUT2D eigenvalue weighted by atomic mass is 9.99. The first-order valence-corrected chi connectivity index (χ1v) is 9.38. The van der Waals surface area contributed by atoms with Gasteiger partial charge in [0.1, 0.15) is 5.69 Å². The van der Waals surface area contributed by atoms with Gasteiger partial charge in [-0.15, -0.1) is 0 Å². The third-order valence-corrected chi connectivity index (χ3v) is 5.07. The van der Waals surface area contributed by atoms with E-state index in [-0.39, 0.29) is 0 Å². The quantitative estimate of drug-likeness (QED) is 0.578. The van der Waals surface area contributed by atoms with Crippen LogP contribution in [-0.2, 0) is 4.74 Å². The van der Waals surface area contributed by atoms with E-state index in [0.717, 1.165) is 18.5 Å². The predicted molar refractivity (Wildman–Crippen MR) is 110 cm³/mol. The number of benzene rings is 2. The minimum absolute atomic E-state index is 0.335. The zero-order chi connectivity index (χ0) is 19.5. The van der Waals surface area contributed by atoms with Crippen LogP contribution in [0.4, 0.5) is 5.88 Å². The zero-order valence-electron chi connectivity index (χ0n) is 15.4. The van der Waals surface area contributed by atoms with E-state index in [4.69, 9.17) is 20.9 Å². The fourth-order valence-corrected chi connectivity index (χ4v) is 3.48. The molecule has 6 heteroatoms. The number of nitrogens with zero attached hydrogens (tertiary/aromatic N) is 2. The van der Waals surface area contributed by atoms with Gasteiger partial charge in [-0.25, -0.2) is 4.79 Å². The third kappa shape index (κ3) is 3.53. The molecule has 28 heavy (non-hydrogen) atoms. The molecule has 0 saturated heterocycles. The average molecular weight is 395 g/mol. The minimum Gasteiger partial charge on any atom is -0.465 e. The van der Waals surface area contributed by atoms with Gasteiger partial charge >= 0.3 is 5.97 Å². The molecule has 5 nitrogen and oxygen atoms in total. The molecule has 0 atom stereocenters. The van der Waals surface area contributed by atoms with Gasteiger partial charge in [0, 0.05) is 23.7 Å². The Bertz CT molecular complexity index is 1010. The molecular formula is C22H19ClN2O3. The van der Waals surface area contributed by atoms with Crippen LogP contribution in [-0.4, -0.2) is 31.3 Å². The van der Waals surface area contributed by atoms with Crippen molar-refractivity contribution in [2.24, 2.45) is 0 Å². The second kappa shape index (κ2) is 7.90. The topological polar surface area (TPSA) is 55.6 Å². The molecule has 0 unspecified atom stereocenters. The van der Waals surface area contributed by atoms with Gasteiger partial charge in [-0.3, -0.25) is 0 Å². The van der Waals surface area contributed by atoms with Crippen LogP contribution in [0.3, 0.4) is 0 Å². The lowest BCUT2D eigenvalue weighted by molar-refractivity contribution is 0.0601. The van der Waals surface area contributed by atoms with Gasteiger partial charge in [0.15, 0.2) is 5.56 Å². The van der Waals surface area contributed by atoms with E-state index in [1.54, 1.807) is 24.3 Å². The molecule has 0 bridgehead atoms. The van der Waals surface area contributed by atoms with Gasteiger partial charge in [0.2, 0.25) is 5.88 Å². The molecule has 0 N–H and O–H groups in total. The maximum Gasteiger partial charge on any atom is 0.345 e. The Hall–Kier alpha value is -3.05. The summed E-state index contributed by atoms with van der Waals surface area (Å²) in [6.45, 7) is 1.35. The number of esters is 1. The molecule has 0 fully saturated rings. The summed E-state index contributed by atoms with van der Waals surface area (Å²) >= 11 is 5.97. The van der Waals surface area contributed by atoms with Crippen molar-refractivity contribution in [3.63, 3.8) is 0 Å². The molecule has 4 rings (SSSR count). The number of aromatic nitrogens is 1. The normalized spacial score (nSPS) is 13.9. The molecule has 1 aliphatic rings. The Balaban J connectivity index is 1.66. The molecule has 0 amide bonds. The molecule has 3 aromatic rings. The van der Waals surface area contributed by atoms with Crippen molar-refractivity contribution in [2.45, 2.75) is 6.42 Å². The minimum atomic E-state index is -0.473. The van der Waals surface area contributed by atoms with Crippen molar-refractivity contribution in [2.75, 3.05) is 25.1 Å². The van der Waals surface area contributed by atoms with E-state index in [0.29, 0.717) is 28.7 Å². The fraction of sp³-hybridized carbons (Fsp3) is 0.182. The van der Waals surface area contributed by atoms with E-state index >= 15 is 0 Å². The van der Waals surface area contributed by atoms with Crippen molar-refractivity contribution >= 4 is 29.0 Å². The first kappa shape index (κ1) is 18.3. The van der Waals surface area contributed by atoms with Crippen molar-refractivity contribution in [3.05, 3.63) is 76.8 Å². The Morgan fingerprint density at radius 2 is 1.86 bits per heavy atom. The molecule has 0 radical (unpaired) electrons. The highest BCUT2D eigenvalue weighted by molar-refractivity contribution is 6.30. The van der Waals surface area contributed by atoms with E-state index in [1.807, 2.05) is 23.1 Å². The van der Waals surface area contributed by atoms with Crippen molar-refractivity contribution in [1.82, 2.24) is 5.16 Å². The summed E-state index contributed by atoms with van der Waals surface area (Å²) in [7, 11) is 1.36. The maximum atomic E-state index is 12.5. The molecular weight excluding hydrogens is 376 g/mol. The first-order chi connectivity index (χ1) is 13.7. The monoisotopic (exact) mass is 394 g/mol. The molecule has 1 aliphatic heterocycles. The number of anilines is 1. The summed E-state index contributed by atoms with van der Waals surface area (Å²) in [5.74, 6) is -0.0424. The van der Waals surface area contributed by atoms with E-state index in [1.165, 1.54) is 18.2 Å². The van der Waals surface area contributed by atoms with Crippen LogP contribution in [0.5, 0.6) is 0 Å². The number of hydrogen-bond acceptors (Lipinski definition) is 5. The number of carbonyl (C=O) groups is 1. The highest BCUT2D eigenvalue weighted by Gasteiger charge is 2.29. The maximum absolute atomic E-state index is 12.5. The summed E-state index contributed by atoms with van der Waals surface area (Å²) in [6.07, 6.45) is 3.01. The van der Waals surface area contributed by atoms with E-state index in [9.17, 15) is 4.79 Å². The van der Waals surface area contributed by atoms with Crippen molar-refractivity contribution < 1.29 is 14.1 Å². The zero-order valence-corrected chi connectivity index (χ0v) is 16.1. The van der Waals surface area contributed by atoms with Crippen LogP contribution < -0.4 is 4.90 Å². The summed E-state index contributed by atoms with van der Waals surface area (Å²) in [4.78, 5) is 14.5. The summed E-state index contributed by atoms with van der Waals surface area (Å²) in [5, 5.41) is 4.77. The first-order valence-electron chi connectivity index (χ1n) is 9.00. The van der Waals surface area contributed by atoms with Gasteiger partial charge in [0.25, 0.3) is 0 Å². The molecule has 2 aromatic carbocycles. The van der Waals surface area contributed by atoms with Crippen LogP contribution in [0, 0.1) is 0 Å². The van der Waals surface area contributed by atoms with E-state index in [2.05, 4.69) is 23.4 Å². The molecule has 0 spiro atoms. The molecule has 1 aromatic heterocycles. The van der Waals surface area contributed by atoms with Gasteiger partial charge in [-0.2, -0.15) is 0 Å². The molecule has 0 saturated carbocycles. The highest BCUT2D eigenvalue weighted by atomic mass is 35.5. The van der Waals surface area contributed by atoms with Gasteiger partial charge < -0.3 is 14.2 Å². The molecule has 142 valence electrons. The predicted octanol–water partition coefficient (Wildman–Crippen LogP) is 5.08. The lowest BCUT2D eigenvalue weighted by Gasteiger charge is -2.26. The highest BCUT2D eigenvalue weighted by Crippen LogP contribution is 2.34. The number of rotatable bonds is 4. The fourth-order valence-electron chi connectivity index (χ4n) is 3.36. The number of ether oxygens (including phenoxy) is 1. The van der Waals surface area contributed by atoms with Gasteiger partial charge in [-0.05, 0) is 29.7 Å². The Kier molecular flexibility index (Phi) is 5.17. The Morgan fingerprint density at radius 3 is 2.50 bits per heavy atom. The second-order valence-corrected chi connectivity index (χ2v) is 6.94. The summed E-state index contributed by atoms with van der Waals surface area (Å²) < 4.78 is 10.6. The molecule has 2 heterocycles. The van der Waals surface area contributed by atoms with Gasteiger partial charge in [-0.1, -0.05) is 65.3 Å². The van der Waals surface area contributed by atoms with Crippen LogP contribution in [0.25, 0.3) is 16.8 Å². The second-order valence-electron chi connectivity index (χ2n) is 6.50. The largest absolute Gasteiger partial charge is 0.465 e. The van der Waals surface area contributed by atoms with Crippen molar-refractivity contribution in [1.29, 1.82) is 0 Å².